The normalized spacial score (nSPS) is 13.3. The van der Waals surface area contributed by atoms with Crippen LogP contribution in [-0.2, 0) is 29.5 Å². The van der Waals surface area contributed by atoms with E-state index in [4.69, 9.17) is 9.72 Å². The van der Waals surface area contributed by atoms with Gasteiger partial charge in [0.2, 0.25) is 0 Å². The van der Waals surface area contributed by atoms with E-state index in [1.807, 2.05) is 24.3 Å². The highest BCUT2D eigenvalue weighted by Crippen LogP contribution is 2.46. The van der Waals surface area contributed by atoms with Crippen LogP contribution in [0.15, 0.2) is 108 Å². The summed E-state index contributed by atoms with van der Waals surface area (Å²) < 4.78 is 34.9. The van der Waals surface area contributed by atoms with Gasteiger partial charge >= 0.3 is 0 Å². The van der Waals surface area contributed by atoms with Crippen LogP contribution < -0.4 is 14.8 Å². The number of amides is 1. The fraction of sp³-hybridized carbons (Fsp3) is 0.143. The van der Waals surface area contributed by atoms with E-state index in [-0.39, 0.29) is 16.5 Å². The number of fused-ring (bicyclic) bond motifs is 2. The summed E-state index contributed by atoms with van der Waals surface area (Å²) in [6.07, 6.45) is 0.850. The number of carbonyl (C=O) groups is 1. The molecule has 232 valence electrons. The SMILES string of the molecule is COc1ccc(S(=O)(=O)Nc2cccc(C(=O)Nc3sc4c(c3-c3nc5ccccc5s3)CCN(Cc3ccccc3)C4)c2)cc1. The van der Waals surface area contributed by atoms with Crippen LogP contribution in [0.25, 0.3) is 20.8 Å². The van der Waals surface area contributed by atoms with Gasteiger partial charge in [0, 0.05) is 41.3 Å². The van der Waals surface area contributed by atoms with E-state index in [0.29, 0.717) is 11.3 Å². The maximum absolute atomic E-state index is 13.7. The molecule has 0 radical (unpaired) electrons. The lowest BCUT2D eigenvalue weighted by atomic mass is 10.0. The molecule has 0 spiro atoms. The molecule has 0 saturated heterocycles. The Balaban J connectivity index is 1.17. The molecule has 46 heavy (non-hydrogen) atoms. The Hall–Kier alpha value is -4.55. The zero-order valence-corrected chi connectivity index (χ0v) is 27.3. The second-order valence-corrected chi connectivity index (χ2v) is 14.8. The van der Waals surface area contributed by atoms with Crippen molar-refractivity contribution in [3.63, 3.8) is 0 Å². The molecule has 3 heterocycles. The van der Waals surface area contributed by atoms with E-state index in [2.05, 4.69) is 45.3 Å². The highest BCUT2D eigenvalue weighted by atomic mass is 32.2. The van der Waals surface area contributed by atoms with E-state index < -0.39 is 10.0 Å². The summed E-state index contributed by atoms with van der Waals surface area (Å²) in [5.41, 5.74) is 5.03. The molecule has 2 N–H and O–H groups in total. The molecule has 1 amide bonds. The highest BCUT2D eigenvalue weighted by molar-refractivity contribution is 7.92. The number of hydrogen-bond donors (Lipinski definition) is 2. The third-order valence-corrected chi connectivity index (χ3v) is 11.4. The van der Waals surface area contributed by atoms with Crippen LogP contribution in [0.1, 0.15) is 26.4 Å². The Morgan fingerprint density at radius 2 is 1.72 bits per heavy atom. The highest BCUT2D eigenvalue weighted by Gasteiger charge is 2.28. The van der Waals surface area contributed by atoms with Gasteiger partial charge in [-0.15, -0.1) is 22.7 Å². The lowest BCUT2D eigenvalue weighted by Gasteiger charge is -2.27. The number of ether oxygens (including phenoxy) is 1. The second-order valence-electron chi connectivity index (χ2n) is 11.0. The largest absolute Gasteiger partial charge is 0.497 e. The smallest absolute Gasteiger partial charge is 0.261 e. The van der Waals surface area contributed by atoms with Crippen LogP contribution in [0.5, 0.6) is 5.75 Å². The molecule has 1 aliphatic heterocycles. The minimum Gasteiger partial charge on any atom is -0.497 e. The standard InChI is InChI=1S/C35H30N4O4S3/c1-43-26-14-16-27(17-15-26)46(41,42)38-25-11-7-10-24(20-25)33(40)37-35-32(34-36-29-12-5-6-13-30(29)44-34)28-18-19-39(22-31(28)45-35)21-23-8-3-2-4-9-23/h2-17,20,38H,18-19,21-22H2,1H3,(H,37,40). The number of nitrogens with zero attached hydrogens (tertiary/aromatic N) is 2. The van der Waals surface area contributed by atoms with Gasteiger partial charge in [0.25, 0.3) is 15.9 Å². The molecule has 0 aliphatic carbocycles. The molecule has 0 saturated carbocycles. The number of para-hydroxylation sites is 1. The Morgan fingerprint density at radius 1 is 0.935 bits per heavy atom. The van der Waals surface area contributed by atoms with E-state index in [9.17, 15) is 13.2 Å². The first-order chi connectivity index (χ1) is 22.4. The average molecular weight is 667 g/mol. The Kier molecular flexibility index (Phi) is 8.31. The Morgan fingerprint density at radius 3 is 2.50 bits per heavy atom. The first-order valence-electron chi connectivity index (χ1n) is 14.7. The van der Waals surface area contributed by atoms with Gasteiger partial charge in [-0.3, -0.25) is 14.4 Å². The first kappa shape index (κ1) is 30.1. The topological polar surface area (TPSA) is 101 Å². The minimum atomic E-state index is -3.87. The first-order valence-corrected chi connectivity index (χ1v) is 17.8. The number of hydrogen-bond acceptors (Lipinski definition) is 8. The molecule has 8 nitrogen and oxygen atoms in total. The zero-order chi connectivity index (χ0) is 31.7. The van der Waals surface area contributed by atoms with Gasteiger partial charge in [-0.05, 0) is 72.1 Å². The van der Waals surface area contributed by atoms with E-state index in [1.54, 1.807) is 59.1 Å². The molecule has 1 aliphatic rings. The van der Waals surface area contributed by atoms with Crippen molar-refractivity contribution < 1.29 is 17.9 Å². The van der Waals surface area contributed by atoms with Crippen molar-refractivity contribution in [1.82, 2.24) is 9.88 Å². The van der Waals surface area contributed by atoms with E-state index >= 15 is 0 Å². The van der Waals surface area contributed by atoms with Gasteiger partial charge in [0.15, 0.2) is 0 Å². The van der Waals surface area contributed by atoms with Crippen LogP contribution in [-0.4, -0.2) is 37.9 Å². The number of sulfonamides is 1. The summed E-state index contributed by atoms with van der Waals surface area (Å²) in [4.78, 5) is 22.4. The van der Waals surface area contributed by atoms with Crippen molar-refractivity contribution in [2.24, 2.45) is 0 Å². The molecule has 0 unspecified atom stereocenters. The van der Waals surface area contributed by atoms with Gasteiger partial charge in [0.05, 0.1) is 22.2 Å². The number of rotatable bonds is 9. The molecular weight excluding hydrogens is 637 g/mol. The van der Waals surface area contributed by atoms with Crippen LogP contribution >= 0.6 is 22.7 Å². The van der Waals surface area contributed by atoms with Gasteiger partial charge in [-0.1, -0.05) is 48.5 Å². The fourth-order valence-corrected chi connectivity index (χ4v) is 9.04. The number of nitrogens with one attached hydrogen (secondary N) is 2. The molecule has 2 aromatic heterocycles. The van der Waals surface area contributed by atoms with Crippen LogP contribution in [0.3, 0.4) is 0 Å². The maximum atomic E-state index is 13.7. The van der Waals surface area contributed by atoms with Crippen molar-refractivity contribution in [3.8, 4) is 16.3 Å². The van der Waals surface area contributed by atoms with Crippen molar-refractivity contribution in [2.45, 2.75) is 24.4 Å². The van der Waals surface area contributed by atoms with Crippen molar-refractivity contribution in [3.05, 3.63) is 125 Å². The molecule has 7 rings (SSSR count). The number of anilines is 2. The molecule has 6 aromatic rings. The summed E-state index contributed by atoms with van der Waals surface area (Å²) >= 11 is 3.21. The number of carbonyl (C=O) groups excluding carboxylic acids is 1. The number of benzene rings is 4. The summed E-state index contributed by atoms with van der Waals surface area (Å²) in [7, 11) is -2.35. The third-order valence-electron chi connectivity index (χ3n) is 7.87. The van der Waals surface area contributed by atoms with Gasteiger partial charge in [-0.25, -0.2) is 13.4 Å². The quantitative estimate of drug-likeness (QED) is 0.165. The fourth-order valence-electron chi connectivity index (χ4n) is 5.59. The van der Waals surface area contributed by atoms with E-state index in [0.717, 1.165) is 51.8 Å². The summed E-state index contributed by atoms with van der Waals surface area (Å²) in [5, 5.41) is 4.79. The van der Waals surface area contributed by atoms with Gasteiger partial charge in [0.1, 0.15) is 15.8 Å². The molecule has 0 atom stereocenters. The predicted molar refractivity (Wildman–Crippen MR) is 185 cm³/mol. The summed E-state index contributed by atoms with van der Waals surface area (Å²) in [6, 6.07) is 31.1. The zero-order valence-electron chi connectivity index (χ0n) is 24.9. The lowest BCUT2D eigenvalue weighted by molar-refractivity contribution is 0.102. The monoisotopic (exact) mass is 666 g/mol. The number of methoxy groups -OCH3 is 1. The van der Waals surface area contributed by atoms with Crippen LogP contribution in [0.2, 0.25) is 0 Å². The van der Waals surface area contributed by atoms with Gasteiger partial charge in [-0.2, -0.15) is 0 Å². The number of thiazole rings is 1. The predicted octanol–water partition coefficient (Wildman–Crippen LogP) is 7.64. The third kappa shape index (κ3) is 6.27. The number of aromatic nitrogens is 1. The molecule has 0 fully saturated rings. The summed E-state index contributed by atoms with van der Waals surface area (Å²) in [5.74, 6) is 0.231. The molecular formula is C35H30N4O4S3. The Labute approximate surface area is 275 Å². The van der Waals surface area contributed by atoms with Crippen molar-refractivity contribution in [1.29, 1.82) is 0 Å². The van der Waals surface area contributed by atoms with Crippen LogP contribution in [0.4, 0.5) is 10.7 Å². The lowest BCUT2D eigenvalue weighted by Crippen LogP contribution is -2.29. The van der Waals surface area contributed by atoms with Gasteiger partial charge < -0.3 is 10.1 Å². The summed E-state index contributed by atoms with van der Waals surface area (Å²) in [6.45, 7) is 2.54. The average Bonchev–Trinajstić information content (AvgIpc) is 3.65. The molecule has 0 bridgehead atoms. The molecule has 11 heteroatoms. The second kappa shape index (κ2) is 12.7. The minimum absolute atomic E-state index is 0.0918. The van der Waals surface area contributed by atoms with Crippen molar-refractivity contribution >= 4 is 59.5 Å². The maximum Gasteiger partial charge on any atom is 0.261 e. The molecule has 4 aromatic carbocycles. The van der Waals surface area contributed by atoms with E-state index in [1.165, 1.54) is 35.2 Å². The number of thiophene rings is 1. The van der Waals surface area contributed by atoms with Crippen LogP contribution in [0, 0.1) is 0 Å². The Bertz CT molecular complexity index is 2110. The van der Waals surface area contributed by atoms with Crippen molar-refractivity contribution in [2.75, 3.05) is 23.7 Å².